The van der Waals surface area contributed by atoms with Crippen LogP contribution in [0.4, 0.5) is 11.4 Å². The molecule has 0 saturated heterocycles. The van der Waals surface area contributed by atoms with E-state index >= 15 is 0 Å². The van der Waals surface area contributed by atoms with Gasteiger partial charge in [-0.25, -0.2) is 0 Å². The molecule has 0 unspecified atom stereocenters. The highest BCUT2D eigenvalue weighted by Crippen LogP contribution is 2.14. The Balaban J connectivity index is 0.000000335. The number of phenolic OH excluding ortho intramolecular Hbond substituents is 1. The first kappa shape index (κ1) is 20.8. The molecule has 23 heavy (non-hydrogen) atoms. The summed E-state index contributed by atoms with van der Waals surface area (Å²) in [5, 5.41) is 16.8. The van der Waals surface area contributed by atoms with Crippen LogP contribution in [0.5, 0.6) is 5.75 Å². The molecule has 4 heteroatoms. The number of benzene rings is 2. The largest absolute Gasteiger partial charge is 0.508 e. The van der Waals surface area contributed by atoms with Crippen molar-refractivity contribution in [3.63, 3.8) is 0 Å². The number of aromatic hydroxyl groups is 1. The minimum atomic E-state index is 0.249. The first-order chi connectivity index (χ1) is 10.8. The normalized spacial score (nSPS) is 9.70. The number of phenols is 1. The molecule has 2 aromatic rings. The lowest BCUT2D eigenvalue weighted by Crippen LogP contribution is -1.90. The lowest BCUT2D eigenvalue weighted by atomic mass is 10.0. The number of aliphatic hydroxyl groups excluding tert-OH is 1. The van der Waals surface area contributed by atoms with E-state index in [2.05, 4.69) is 26.0 Å². The summed E-state index contributed by atoms with van der Waals surface area (Å²) >= 11 is 0. The molecule has 0 aliphatic rings. The minimum Gasteiger partial charge on any atom is -0.508 e. The van der Waals surface area contributed by atoms with Gasteiger partial charge in [-0.15, -0.1) is 0 Å². The second-order valence-electron chi connectivity index (χ2n) is 5.99. The zero-order chi connectivity index (χ0) is 17.8. The molecule has 0 aromatic heterocycles. The van der Waals surface area contributed by atoms with Crippen molar-refractivity contribution < 1.29 is 10.2 Å². The van der Waals surface area contributed by atoms with Crippen LogP contribution in [0.1, 0.15) is 39.2 Å². The predicted molar refractivity (Wildman–Crippen MR) is 99.4 cm³/mol. The van der Waals surface area contributed by atoms with Gasteiger partial charge in [-0.2, -0.15) is 0 Å². The average Bonchev–Trinajstić information content (AvgIpc) is 2.52. The third-order valence-electron chi connectivity index (χ3n) is 2.86. The Morgan fingerprint density at radius 1 is 0.783 bits per heavy atom. The second-order valence-corrected chi connectivity index (χ2v) is 5.99. The van der Waals surface area contributed by atoms with Gasteiger partial charge in [0.1, 0.15) is 5.75 Å². The smallest absolute Gasteiger partial charge is 0.115 e. The SMILES string of the molecule is CC(C)CO.CC(C)c1ccc(N)cc1.Nc1ccc(O)cc1. The van der Waals surface area contributed by atoms with E-state index in [0.717, 1.165) is 5.69 Å². The van der Waals surface area contributed by atoms with Crippen LogP contribution < -0.4 is 11.5 Å². The standard InChI is InChI=1S/C9H13N.C6H7NO.C4H10O/c1-7(2)8-3-5-9(10)6-4-8;7-5-1-3-6(8)4-2-5;1-4(2)3-5/h3-7H,10H2,1-2H3;1-4,8H,7H2;4-5H,3H2,1-2H3. The maximum atomic E-state index is 8.70. The summed E-state index contributed by atoms with van der Waals surface area (Å²) in [6, 6.07) is 14.4. The molecular weight excluding hydrogens is 288 g/mol. The Kier molecular flexibility index (Phi) is 10.3. The van der Waals surface area contributed by atoms with Gasteiger partial charge in [0.15, 0.2) is 0 Å². The zero-order valence-corrected chi connectivity index (χ0v) is 14.5. The number of aliphatic hydroxyl groups is 1. The fourth-order valence-corrected chi connectivity index (χ4v) is 1.36. The summed E-state index contributed by atoms with van der Waals surface area (Å²) in [6.07, 6.45) is 0. The molecule has 0 heterocycles. The highest BCUT2D eigenvalue weighted by Gasteiger charge is 1.95. The van der Waals surface area contributed by atoms with E-state index in [9.17, 15) is 0 Å². The van der Waals surface area contributed by atoms with Crippen LogP contribution >= 0.6 is 0 Å². The Morgan fingerprint density at radius 2 is 1.13 bits per heavy atom. The number of rotatable bonds is 2. The summed E-state index contributed by atoms with van der Waals surface area (Å²) in [7, 11) is 0. The van der Waals surface area contributed by atoms with Crippen LogP contribution in [0, 0.1) is 5.92 Å². The number of anilines is 2. The Labute approximate surface area is 139 Å². The molecule has 0 amide bonds. The van der Waals surface area contributed by atoms with Crippen molar-refractivity contribution in [1.29, 1.82) is 0 Å². The fourth-order valence-electron chi connectivity index (χ4n) is 1.36. The van der Waals surface area contributed by atoms with Crippen LogP contribution in [0.15, 0.2) is 48.5 Å². The maximum absolute atomic E-state index is 8.70. The molecule has 2 aromatic carbocycles. The van der Waals surface area contributed by atoms with Gasteiger partial charge in [0.2, 0.25) is 0 Å². The van der Waals surface area contributed by atoms with Gasteiger partial charge in [0.25, 0.3) is 0 Å². The summed E-state index contributed by atoms with van der Waals surface area (Å²) < 4.78 is 0. The van der Waals surface area contributed by atoms with E-state index in [-0.39, 0.29) is 5.75 Å². The molecule has 0 saturated carbocycles. The number of hydrogen-bond acceptors (Lipinski definition) is 4. The van der Waals surface area contributed by atoms with Crippen LogP contribution in [0.2, 0.25) is 0 Å². The molecule has 128 valence electrons. The lowest BCUT2D eigenvalue weighted by molar-refractivity contribution is 0.248. The molecule has 0 bridgehead atoms. The Hall–Kier alpha value is -2.20. The maximum Gasteiger partial charge on any atom is 0.115 e. The van der Waals surface area contributed by atoms with Gasteiger partial charge in [-0.3, -0.25) is 0 Å². The van der Waals surface area contributed by atoms with Crippen molar-refractivity contribution in [2.24, 2.45) is 5.92 Å². The molecule has 0 atom stereocenters. The highest BCUT2D eigenvalue weighted by molar-refractivity contribution is 5.41. The predicted octanol–water partition coefficient (Wildman–Crippen LogP) is 4.00. The molecule has 6 N–H and O–H groups in total. The summed E-state index contributed by atoms with van der Waals surface area (Å²) in [5.74, 6) is 1.29. The topological polar surface area (TPSA) is 92.5 Å². The van der Waals surface area contributed by atoms with Gasteiger partial charge in [-0.05, 0) is 53.8 Å². The van der Waals surface area contributed by atoms with Crippen molar-refractivity contribution in [3.8, 4) is 5.75 Å². The lowest BCUT2D eigenvalue weighted by Gasteiger charge is -2.03. The fraction of sp³-hybridized carbons (Fsp3) is 0.368. The van der Waals surface area contributed by atoms with Crippen molar-refractivity contribution in [1.82, 2.24) is 0 Å². The Morgan fingerprint density at radius 3 is 1.39 bits per heavy atom. The molecule has 4 nitrogen and oxygen atoms in total. The molecular formula is C19H30N2O2. The number of nitrogens with two attached hydrogens (primary N) is 2. The molecule has 0 radical (unpaired) electrons. The summed E-state index contributed by atoms with van der Waals surface area (Å²) in [4.78, 5) is 0. The van der Waals surface area contributed by atoms with E-state index in [4.69, 9.17) is 21.7 Å². The van der Waals surface area contributed by atoms with Crippen molar-refractivity contribution in [3.05, 3.63) is 54.1 Å². The first-order valence-corrected chi connectivity index (χ1v) is 7.77. The van der Waals surface area contributed by atoms with Gasteiger partial charge in [0, 0.05) is 18.0 Å². The van der Waals surface area contributed by atoms with Gasteiger partial charge in [0.05, 0.1) is 0 Å². The van der Waals surface area contributed by atoms with E-state index in [0.29, 0.717) is 24.1 Å². The molecule has 2 rings (SSSR count). The van der Waals surface area contributed by atoms with Gasteiger partial charge < -0.3 is 21.7 Å². The molecule has 0 aliphatic heterocycles. The second kappa shape index (κ2) is 11.4. The zero-order valence-electron chi connectivity index (χ0n) is 14.5. The van der Waals surface area contributed by atoms with Gasteiger partial charge in [-0.1, -0.05) is 39.8 Å². The van der Waals surface area contributed by atoms with E-state index in [1.807, 2.05) is 26.0 Å². The number of nitrogen functional groups attached to an aromatic ring is 2. The number of hydrogen-bond donors (Lipinski definition) is 4. The van der Waals surface area contributed by atoms with Crippen molar-refractivity contribution >= 4 is 11.4 Å². The van der Waals surface area contributed by atoms with Crippen LogP contribution in [-0.4, -0.2) is 16.8 Å². The third-order valence-corrected chi connectivity index (χ3v) is 2.86. The monoisotopic (exact) mass is 318 g/mol. The molecule has 0 aliphatic carbocycles. The van der Waals surface area contributed by atoms with Crippen LogP contribution in [0.3, 0.4) is 0 Å². The summed E-state index contributed by atoms with van der Waals surface area (Å²) in [6.45, 7) is 8.59. The quantitative estimate of drug-likeness (QED) is 0.497. The average molecular weight is 318 g/mol. The minimum absolute atomic E-state index is 0.249. The molecule has 0 fully saturated rings. The van der Waals surface area contributed by atoms with Crippen LogP contribution in [0.25, 0.3) is 0 Å². The molecule has 0 spiro atoms. The first-order valence-electron chi connectivity index (χ1n) is 7.77. The van der Waals surface area contributed by atoms with E-state index in [1.54, 1.807) is 24.3 Å². The highest BCUT2D eigenvalue weighted by atomic mass is 16.3. The van der Waals surface area contributed by atoms with E-state index in [1.165, 1.54) is 5.56 Å². The van der Waals surface area contributed by atoms with Gasteiger partial charge >= 0.3 is 0 Å². The third kappa shape index (κ3) is 11.1. The summed E-state index contributed by atoms with van der Waals surface area (Å²) in [5.41, 5.74) is 13.7. The van der Waals surface area contributed by atoms with Crippen molar-refractivity contribution in [2.75, 3.05) is 18.1 Å². The van der Waals surface area contributed by atoms with E-state index < -0.39 is 0 Å². The van der Waals surface area contributed by atoms with Crippen LogP contribution in [-0.2, 0) is 0 Å². The van der Waals surface area contributed by atoms with Crippen molar-refractivity contribution in [2.45, 2.75) is 33.6 Å². The Bertz CT molecular complexity index is 499.